The maximum absolute atomic E-state index is 13.7. The van der Waals surface area contributed by atoms with E-state index in [2.05, 4.69) is 5.32 Å². The van der Waals surface area contributed by atoms with Gasteiger partial charge in [-0.15, -0.1) is 0 Å². The van der Waals surface area contributed by atoms with Gasteiger partial charge < -0.3 is 15.7 Å². The minimum atomic E-state index is -5.37. The molecule has 28 heavy (non-hydrogen) atoms. The normalized spacial score (nSPS) is 25.0. The van der Waals surface area contributed by atoms with Crippen molar-refractivity contribution in [1.82, 2.24) is 10.6 Å². The van der Waals surface area contributed by atoms with Crippen LogP contribution in [0.2, 0.25) is 5.02 Å². The Morgan fingerprint density at radius 2 is 1.64 bits per heavy atom. The van der Waals surface area contributed by atoms with Crippen molar-refractivity contribution in [2.24, 2.45) is 5.92 Å². The van der Waals surface area contributed by atoms with Crippen molar-refractivity contribution in [3.63, 3.8) is 0 Å². The van der Waals surface area contributed by atoms with Gasteiger partial charge in [-0.1, -0.05) is 23.7 Å². The minimum absolute atomic E-state index is 0.0197. The van der Waals surface area contributed by atoms with Crippen molar-refractivity contribution >= 4 is 23.4 Å². The van der Waals surface area contributed by atoms with Crippen molar-refractivity contribution in [3.05, 3.63) is 70.5 Å². The summed E-state index contributed by atoms with van der Waals surface area (Å²) in [5.74, 6) is -3.93. The van der Waals surface area contributed by atoms with Gasteiger partial charge in [-0.2, -0.15) is 13.2 Å². The van der Waals surface area contributed by atoms with E-state index < -0.39 is 41.5 Å². The molecule has 2 aromatic rings. The van der Waals surface area contributed by atoms with Gasteiger partial charge in [0.15, 0.2) is 5.78 Å². The van der Waals surface area contributed by atoms with Crippen LogP contribution in [0.4, 0.5) is 22.4 Å². The number of aliphatic hydroxyl groups is 1. The molecular weight excluding hydrogens is 404 g/mol. The van der Waals surface area contributed by atoms with Gasteiger partial charge in [0.1, 0.15) is 11.7 Å². The Morgan fingerprint density at radius 3 is 2.18 bits per heavy atom. The molecule has 5 nitrogen and oxygen atoms in total. The van der Waals surface area contributed by atoms with Crippen molar-refractivity contribution in [2.75, 3.05) is 0 Å². The molecule has 2 amide bonds. The maximum atomic E-state index is 13.7. The van der Waals surface area contributed by atoms with E-state index in [0.717, 1.165) is 24.3 Å². The van der Waals surface area contributed by atoms with Crippen LogP contribution in [0.25, 0.3) is 0 Å². The number of halogens is 5. The Kier molecular flexibility index (Phi) is 5.07. The van der Waals surface area contributed by atoms with Crippen LogP contribution in [0.5, 0.6) is 0 Å². The number of urea groups is 1. The van der Waals surface area contributed by atoms with Gasteiger partial charge in [0.25, 0.3) is 0 Å². The number of carbonyl (C=O) groups is 2. The average Bonchev–Trinajstić information content (AvgIpc) is 2.61. The van der Waals surface area contributed by atoms with E-state index in [1.165, 1.54) is 29.6 Å². The van der Waals surface area contributed by atoms with Crippen LogP contribution in [0.3, 0.4) is 0 Å². The smallest absolute Gasteiger partial charge is 0.363 e. The summed E-state index contributed by atoms with van der Waals surface area (Å²) >= 11 is 5.74. The molecule has 1 saturated heterocycles. The van der Waals surface area contributed by atoms with E-state index >= 15 is 0 Å². The number of Topliss-reactive ketones (excluding diaryl/α,β-unsaturated/α-hetero) is 1. The second-order valence-electron chi connectivity index (χ2n) is 6.24. The van der Waals surface area contributed by atoms with Crippen molar-refractivity contribution in [1.29, 1.82) is 0 Å². The summed E-state index contributed by atoms with van der Waals surface area (Å²) in [7, 11) is 0. The highest BCUT2D eigenvalue weighted by atomic mass is 35.5. The molecule has 0 saturated carbocycles. The van der Waals surface area contributed by atoms with E-state index in [-0.39, 0.29) is 16.1 Å². The highest BCUT2D eigenvalue weighted by Crippen LogP contribution is 2.44. The van der Waals surface area contributed by atoms with Crippen LogP contribution in [-0.4, -0.2) is 28.8 Å². The second kappa shape index (κ2) is 7.06. The zero-order chi connectivity index (χ0) is 20.7. The number of benzene rings is 2. The third kappa shape index (κ3) is 3.55. The third-order valence-corrected chi connectivity index (χ3v) is 4.70. The van der Waals surface area contributed by atoms with E-state index in [9.17, 15) is 32.3 Å². The van der Waals surface area contributed by atoms with Crippen LogP contribution >= 0.6 is 11.6 Å². The summed E-state index contributed by atoms with van der Waals surface area (Å²) in [6.45, 7) is 0. The van der Waals surface area contributed by atoms with Gasteiger partial charge in [-0.3, -0.25) is 4.79 Å². The molecule has 1 aliphatic rings. The van der Waals surface area contributed by atoms with E-state index in [0.29, 0.717) is 0 Å². The summed E-state index contributed by atoms with van der Waals surface area (Å²) in [6.07, 6.45) is -5.37. The standard InChI is InChI=1S/C18H13ClF4N2O3/c19-11-5-1-10(2-6-11)15(26)13-14(9-3-7-12(20)8-4-9)24-16(27)25-17(13,28)18(21,22)23/h1-8,13-14,28H,(H2,24,25,27)/t13-,14+,17-/m0/s1. The number of nitrogens with one attached hydrogen (secondary N) is 2. The third-order valence-electron chi connectivity index (χ3n) is 4.45. The number of alkyl halides is 3. The lowest BCUT2D eigenvalue weighted by Crippen LogP contribution is -2.72. The first-order valence-corrected chi connectivity index (χ1v) is 8.34. The summed E-state index contributed by atoms with van der Waals surface area (Å²) in [5, 5.41) is 14.3. The number of hydrogen-bond acceptors (Lipinski definition) is 3. The predicted molar refractivity (Wildman–Crippen MR) is 91.1 cm³/mol. The number of amides is 2. The monoisotopic (exact) mass is 416 g/mol. The molecule has 1 heterocycles. The van der Waals surface area contributed by atoms with Gasteiger partial charge >= 0.3 is 12.2 Å². The Hall–Kier alpha value is -2.65. The lowest BCUT2D eigenvalue weighted by molar-refractivity contribution is -0.287. The van der Waals surface area contributed by atoms with Crippen LogP contribution in [0.1, 0.15) is 22.0 Å². The van der Waals surface area contributed by atoms with E-state index in [1.54, 1.807) is 0 Å². The molecule has 0 unspecified atom stereocenters. The largest absolute Gasteiger partial charge is 0.437 e. The zero-order valence-electron chi connectivity index (χ0n) is 13.9. The molecule has 3 N–H and O–H groups in total. The number of carbonyl (C=O) groups excluding carboxylic acids is 2. The molecule has 1 aliphatic heterocycles. The topological polar surface area (TPSA) is 78.4 Å². The number of ketones is 1. The molecular formula is C18H13ClF4N2O3. The first-order chi connectivity index (χ1) is 13.0. The summed E-state index contributed by atoms with van der Waals surface area (Å²) in [4.78, 5) is 24.8. The molecule has 0 aromatic heterocycles. The van der Waals surface area contributed by atoms with Gasteiger partial charge in [-0.25, -0.2) is 9.18 Å². The van der Waals surface area contributed by atoms with Crippen molar-refractivity contribution < 1.29 is 32.3 Å². The highest BCUT2D eigenvalue weighted by Gasteiger charge is 2.66. The molecule has 2 aromatic carbocycles. The molecule has 3 atom stereocenters. The first kappa shape index (κ1) is 20.1. The SMILES string of the molecule is O=C1N[C@H](c2ccc(F)cc2)[C@@H](C(=O)c2ccc(Cl)cc2)[C@](O)(C(F)(F)F)N1. The first-order valence-electron chi connectivity index (χ1n) is 7.96. The van der Waals surface area contributed by atoms with Gasteiger partial charge in [0.2, 0.25) is 5.72 Å². The molecule has 148 valence electrons. The Bertz CT molecular complexity index is 903. The van der Waals surface area contributed by atoms with Crippen molar-refractivity contribution in [3.8, 4) is 0 Å². The fraction of sp³-hybridized carbons (Fsp3) is 0.222. The molecule has 10 heteroatoms. The lowest BCUT2D eigenvalue weighted by Gasteiger charge is -2.45. The number of rotatable bonds is 3. The molecule has 1 fully saturated rings. The maximum Gasteiger partial charge on any atom is 0.437 e. The Morgan fingerprint density at radius 1 is 1.07 bits per heavy atom. The molecule has 3 rings (SSSR count). The average molecular weight is 417 g/mol. The molecule has 0 radical (unpaired) electrons. The second-order valence-corrected chi connectivity index (χ2v) is 6.68. The van der Waals surface area contributed by atoms with Crippen LogP contribution in [0.15, 0.2) is 48.5 Å². The molecule has 0 aliphatic carbocycles. The quantitative estimate of drug-likeness (QED) is 0.528. The van der Waals surface area contributed by atoms with Crippen LogP contribution < -0.4 is 10.6 Å². The van der Waals surface area contributed by atoms with Gasteiger partial charge in [0, 0.05) is 10.6 Å². The van der Waals surface area contributed by atoms with Crippen LogP contribution in [-0.2, 0) is 0 Å². The minimum Gasteiger partial charge on any atom is -0.363 e. The summed E-state index contributed by atoms with van der Waals surface area (Å²) in [5.41, 5.74) is -3.97. The van der Waals surface area contributed by atoms with Gasteiger partial charge in [0.05, 0.1) is 6.04 Å². The predicted octanol–water partition coefficient (Wildman–Crippen LogP) is 3.58. The van der Waals surface area contributed by atoms with Crippen molar-refractivity contribution in [2.45, 2.75) is 17.9 Å². The molecule has 0 spiro atoms. The Balaban J connectivity index is 2.15. The fourth-order valence-electron chi connectivity index (χ4n) is 3.08. The van der Waals surface area contributed by atoms with E-state index in [4.69, 9.17) is 11.6 Å². The number of hydrogen-bond donors (Lipinski definition) is 3. The molecule has 0 bridgehead atoms. The summed E-state index contributed by atoms with van der Waals surface area (Å²) in [6, 6.07) is 6.35. The lowest BCUT2D eigenvalue weighted by atomic mass is 9.77. The Labute approximate surface area is 161 Å². The summed E-state index contributed by atoms with van der Waals surface area (Å²) < 4.78 is 54.4. The van der Waals surface area contributed by atoms with E-state index in [1.807, 2.05) is 0 Å². The van der Waals surface area contributed by atoms with Gasteiger partial charge in [-0.05, 0) is 42.0 Å². The highest BCUT2D eigenvalue weighted by molar-refractivity contribution is 6.30. The zero-order valence-corrected chi connectivity index (χ0v) is 14.7. The fourth-order valence-corrected chi connectivity index (χ4v) is 3.21. The van der Waals surface area contributed by atoms with Crippen LogP contribution in [0, 0.1) is 11.7 Å².